The lowest BCUT2D eigenvalue weighted by molar-refractivity contribution is -0.129. The smallest absolute Gasteiger partial charge is 0.242 e. The van der Waals surface area contributed by atoms with E-state index in [0.717, 1.165) is 53.5 Å². The topological polar surface area (TPSA) is 36.4 Å². The van der Waals surface area contributed by atoms with Crippen LogP contribution in [-0.2, 0) is 4.79 Å². The molecule has 4 nitrogen and oxygen atoms in total. The number of aromatic nitrogens is 1. The number of halogens is 1. The van der Waals surface area contributed by atoms with Gasteiger partial charge in [-0.25, -0.2) is 0 Å². The molecule has 116 valence electrons. The molecule has 3 rings (SSSR count). The average molecular weight is 362 g/mol. The molecule has 1 saturated heterocycles. The molecule has 2 aromatic rings. The number of rotatable bonds is 3. The molecular formula is C17H20BrN3O. The van der Waals surface area contributed by atoms with Crippen molar-refractivity contribution >= 4 is 38.4 Å². The van der Waals surface area contributed by atoms with Gasteiger partial charge in [-0.2, -0.15) is 0 Å². The van der Waals surface area contributed by atoms with E-state index in [9.17, 15) is 4.79 Å². The van der Waals surface area contributed by atoms with Crippen molar-refractivity contribution in [2.24, 2.45) is 0 Å². The van der Waals surface area contributed by atoms with E-state index in [4.69, 9.17) is 0 Å². The summed E-state index contributed by atoms with van der Waals surface area (Å²) in [7, 11) is 0. The molecule has 0 atom stereocenters. The summed E-state index contributed by atoms with van der Waals surface area (Å²) in [5.74, 6) is 0.224. The molecule has 1 aromatic heterocycles. The number of hydrogen-bond acceptors (Lipinski definition) is 3. The van der Waals surface area contributed by atoms with Crippen molar-refractivity contribution in [1.82, 2.24) is 9.88 Å². The first-order valence-corrected chi connectivity index (χ1v) is 8.55. The number of amides is 1. The highest BCUT2D eigenvalue weighted by Gasteiger charge is 2.22. The molecule has 1 aromatic carbocycles. The van der Waals surface area contributed by atoms with Crippen LogP contribution >= 0.6 is 15.9 Å². The van der Waals surface area contributed by atoms with Crippen LogP contribution < -0.4 is 4.90 Å². The summed E-state index contributed by atoms with van der Waals surface area (Å²) in [6, 6.07) is 8.12. The number of pyridine rings is 1. The van der Waals surface area contributed by atoms with E-state index >= 15 is 0 Å². The molecule has 1 amide bonds. The molecule has 0 bridgehead atoms. The summed E-state index contributed by atoms with van der Waals surface area (Å²) >= 11 is 3.49. The molecule has 1 aliphatic heterocycles. The predicted molar refractivity (Wildman–Crippen MR) is 93.1 cm³/mol. The minimum atomic E-state index is 0.224. The summed E-state index contributed by atoms with van der Waals surface area (Å²) in [4.78, 5) is 21.0. The van der Waals surface area contributed by atoms with Gasteiger partial charge < -0.3 is 9.80 Å². The molecule has 5 heteroatoms. The molecule has 0 saturated carbocycles. The number of anilines is 1. The second kappa shape index (κ2) is 6.65. The highest BCUT2D eigenvalue weighted by Crippen LogP contribution is 2.28. The van der Waals surface area contributed by atoms with Crippen LogP contribution in [0.25, 0.3) is 10.9 Å². The van der Waals surface area contributed by atoms with Crippen LogP contribution in [0.2, 0.25) is 0 Å². The minimum Gasteiger partial charge on any atom is -0.362 e. The molecule has 1 fully saturated rings. The number of hydrogen-bond donors (Lipinski definition) is 0. The van der Waals surface area contributed by atoms with Crippen molar-refractivity contribution in [3.63, 3.8) is 0 Å². The van der Waals surface area contributed by atoms with E-state index in [1.807, 2.05) is 29.3 Å². The molecule has 0 aliphatic carbocycles. The lowest BCUT2D eigenvalue weighted by Gasteiger charge is -2.24. The van der Waals surface area contributed by atoms with Gasteiger partial charge in [0.2, 0.25) is 5.91 Å². The van der Waals surface area contributed by atoms with Gasteiger partial charge >= 0.3 is 0 Å². The summed E-state index contributed by atoms with van der Waals surface area (Å²) in [5.41, 5.74) is 2.05. The molecule has 0 unspecified atom stereocenters. The standard InChI is InChI=1S/C17H20BrN3O/c1-2-8-20-9-3-10-21(12-17(20)22)16-6-7-19-15-11-13(18)4-5-14(15)16/h4-7,11H,2-3,8-10,12H2,1H3. The fourth-order valence-corrected chi connectivity index (χ4v) is 3.36. The third-order valence-corrected chi connectivity index (χ3v) is 4.54. The molecule has 0 radical (unpaired) electrons. The number of carbonyl (C=O) groups excluding carboxylic acids is 1. The number of fused-ring (bicyclic) bond motifs is 1. The van der Waals surface area contributed by atoms with Gasteiger partial charge in [-0.15, -0.1) is 0 Å². The van der Waals surface area contributed by atoms with Crippen molar-refractivity contribution in [3.05, 3.63) is 34.9 Å². The van der Waals surface area contributed by atoms with Crippen LogP contribution in [0.3, 0.4) is 0 Å². The van der Waals surface area contributed by atoms with Crippen molar-refractivity contribution in [3.8, 4) is 0 Å². The lowest BCUT2D eigenvalue weighted by atomic mass is 10.1. The Balaban J connectivity index is 1.92. The van der Waals surface area contributed by atoms with Gasteiger partial charge in [-0.1, -0.05) is 22.9 Å². The van der Waals surface area contributed by atoms with Gasteiger partial charge in [0.05, 0.1) is 12.1 Å². The third kappa shape index (κ3) is 3.09. The maximum absolute atomic E-state index is 12.4. The monoisotopic (exact) mass is 361 g/mol. The first kappa shape index (κ1) is 15.3. The van der Waals surface area contributed by atoms with Gasteiger partial charge in [0, 0.05) is 41.4 Å². The van der Waals surface area contributed by atoms with Crippen LogP contribution in [0.4, 0.5) is 5.69 Å². The Kier molecular flexibility index (Phi) is 4.62. The molecule has 2 heterocycles. The Labute approximate surface area is 139 Å². The third-order valence-electron chi connectivity index (χ3n) is 4.05. The van der Waals surface area contributed by atoms with Gasteiger partial charge in [0.15, 0.2) is 0 Å². The molecule has 1 aliphatic rings. The highest BCUT2D eigenvalue weighted by atomic mass is 79.9. The summed E-state index contributed by atoms with van der Waals surface area (Å²) in [6.07, 6.45) is 3.84. The fraction of sp³-hybridized carbons (Fsp3) is 0.412. The quantitative estimate of drug-likeness (QED) is 0.839. The van der Waals surface area contributed by atoms with Crippen LogP contribution in [0.15, 0.2) is 34.9 Å². The number of nitrogens with zero attached hydrogens (tertiary/aromatic N) is 3. The van der Waals surface area contributed by atoms with Gasteiger partial charge in [0.1, 0.15) is 0 Å². The Hall–Kier alpha value is -1.62. The summed E-state index contributed by atoms with van der Waals surface area (Å²) in [5, 5.41) is 1.10. The second-order valence-electron chi connectivity index (χ2n) is 5.65. The largest absolute Gasteiger partial charge is 0.362 e. The van der Waals surface area contributed by atoms with Gasteiger partial charge in [-0.05, 0) is 37.1 Å². The average Bonchev–Trinajstić information content (AvgIpc) is 2.69. The highest BCUT2D eigenvalue weighted by molar-refractivity contribution is 9.10. The summed E-state index contributed by atoms with van der Waals surface area (Å²) in [6.45, 7) is 5.19. The zero-order valence-electron chi connectivity index (χ0n) is 12.8. The van der Waals surface area contributed by atoms with Crippen LogP contribution in [0.1, 0.15) is 19.8 Å². The molecule has 0 N–H and O–H groups in total. The zero-order valence-corrected chi connectivity index (χ0v) is 14.3. The van der Waals surface area contributed by atoms with E-state index in [0.29, 0.717) is 6.54 Å². The van der Waals surface area contributed by atoms with Crippen LogP contribution in [-0.4, -0.2) is 42.0 Å². The van der Waals surface area contributed by atoms with Crippen LogP contribution in [0, 0.1) is 0 Å². The zero-order chi connectivity index (χ0) is 15.5. The van der Waals surface area contributed by atoms with Crippen molar-refractivity contribution < 1.29 is 4.79 Å². The van der Waals surface area contributed by atoms with Crippen LogP contribution in [0.5, 0.6) is 0 Å². The maximum Gasteiger partial charge on any atom is 0.242 e. The Morgan fingerprint density at radius 2 is 2.14 bits per heavy atom. The Morgan fingerprint density at radius 3 is 2.95 bits per heavy atom. The van der Waals surface area contributed by atoms with E-state index in [-0.39, 0.29) is 5.91 Å². The minimum absolute atomic E-state index is 0.224. The molecule has 22 heavy (non-hydrogen) atoms. The Bertz CT molecular complexity index is 689. The maximum atomic E-state index is 12.4. The first-order chi connectivity index (χ1) is 10.7. The summed E-state index contributed by atoms with van der Waals surface area (Å²) < 4.78 is 1.02. The van der Waals surface area contributed by atoms with Crippen molar-refractivity contribution in [2.45, 2.75) is 19.8 Å². The molecule has 0 spiro atoms. The van der Waals surface area contributed by atoms with E-state index in [2.05, 4.69) is 38.8 Å². The van der Waals surface area contributed by atoms with E-state index < -0.39 is 0 Å². The predicted octanol–water partition coefficient (Wildman–Crippen LogP) is 3.45. The SMILES string of the molecule is CCCN1CCCN(c2ccnc3cc(Br)ccc23)CC1=O. The van der Waals surface area contributed by atoms with Gasteiger partial charge in [-0.3, -0.25) is 9.78 Å². The van der Waals surface area contributed by atoms with E-state index in [1.165, 1.54) is 0 Å². The lowest BCUT2D eigenvalue weighted by Crippen LogP contribution is -2.37. The number of benzene rings is 1. The number of carbonyl (C=O) groups is 1. The second-order valence-corrected chi connectivity index (χ2v) is 6.56. The molecular weight excluding hydrogens is 342 g/mol. The fourth-order valence-electron chi connectivity index (χ4n) is 3.01. The van der Waals surface area contributed by atoms with E-state index in [1.54, 1.807) is 0 Å². The Morgan fingerprint density at radius 1 is 1.27 bits per heavy atom. The normalized spacial score (nSPS) is 16.2. The first-order valence-electron chi connectivity index (χ1n) is 7.76. The van der Waals surface area contributed by atoms with Crippen molar-refractivity contribution in [2.75, 3.05) is 31.1 Å². The van der Waals surface area contributed by atoms with Crippen molar-refractivity contribution in [1.29, 1.82) is 0 Å². The van der Waals surface area contributed by atoms with Gasteiger partial charge in [0.25, 0.3) is 0 Å².